The molecule has 0 fully saturated rings. The van der Waals surface area contributed by atoms with Crippen molar-refractivity contribution in [3.8, 4) is 11.5 Å². The van der Waals surface area contributed by atoms with E-state index in [1.54, 1.807) is 26.4 Å². The molecule has 2 N–H and O–H groups in total. The quantitative estimate of drug-likeness (QED) is 0.392. The number of halogens is 2. The number of benzene rings is 2. The standard InChI is InChI=1S/C18H13Cl2N5O3S2/c1-27-10-6-8-13(7-11(10)28-2)30-16(17(26)21-18-22-24-25-23-18)15(8)29-12-5-3-4-9(19)14(12)20/h3-7H,1-2H3,(H2,21,22,23,24,25,26). The Bertz CT molecular complexity index is 1230. The van der Waals surface area contributed by atoms with Gasteiger partial charge in [0.2, 0.25) is 5.95 Å². The van der Waals surface area contributed by atoms with E-state index in [4.69, 9.17) is 32.7 Å². The number of methoxy groups -OCH3 is 2. The minimum Gasteiger partial charge on any atom is -0.493 e. The van der Waals surface area contributed by atoms with E-state index in [9.17, 15) is 4.79 Å². The molecule has 0 unspecified atom stereocenters. The lowest BCUT2D eigenvalue weighted by molar-refractivity contribution is 0.102. The fourth-order valence-electron chi connectivity index (χ4n) is 2.70. The largest absolute Gasteiger partial charge is 0.493 e. The summed E-state index contributed by atoms with van der Waals surface area (Å²) in [4.78, 5) is 14.9. The van der Waals surface area contributed by atoms with Gasteiger partial charge in [-0.1, -0.05) is 46.1 Å². The number of hydrogen-bond donors (Lipinski definition) is 2. The monoisotopic (exact) mass is 481 g/mol. The van der Waals surface area contributed by atoms with E-state index < -0.39 is 0 Å². The molecule has 4 aromatic rings. The minimum absolute atomic E-state index is 0.143. The second-order valence-electron chi connectivity index (χ2n) is 5.82. The number of H-pyrrole nitrogens is 1. The second-order valence-corrected chi connectivity index (χ2v) is 8.71. The van der Waals surface area contributed by atoms with E-state index in [2.05, 4.69) is 25.9 Å². The maximum Gasteiger partial charge on any atom is 0.269 e. The maximum atomic E-state index is 13.0. The van der Waals surface area contributed by atoms with Crippen LogP contribution >= 0.6 is 46.3 Å². The maximum absolute atomic E-state index is 13.0. The number of thiophene rings is 1. The molecule has 0 aliphatic carbocycles. The lowest BCUT2D eigenvalue weighted by Gasteiger charge is -2.09. The van der Waals surface area contributed by atoms with Crippen LogP contribution in [-0.2, 0) is 0 Å². The topological polar surface area (TPSA) is 102 Å². The normalized spacial score (nSPS) is 10.9. The minimum atomic E-state index is -0.367. The zero-order valence-electron chi connectivity index (χ0n) is 15.5. The third kappa shape index (κ3) is 3.91. The van der Waals surface area contributed by atoms with Crippen LogP contribution in [0.2, 0.25) is 10.0 Å². The van der Waals surface area contributed by atoms with Gasteiger partial charge < -0.3 is 9.47 Å². The molecule has 30 heavy (non-hydrogen) atoms. The highest BCUT2D eigenvalue weighted by Gasteiger charge is 2.23. The Labute approximate surface area is 188 Å². The lowest BCUT2D eigenvalue weighted by atomic mass is 10.2. The number of carbonyl (C=O) groups is 1. The smallest absolute Gasteiger partial charge is 0.269 e. The van der Waals surface area contributed by atoms with Gasteiger partial charge in [0.1, 0.15) is 4.88 Å². The fraction of sp³-hybridized carbons (Fsp3) is 0.111. The van der Waals surface area contributed by atoms with Crippen LogP contribution in [0.5, 0.6) is 11.5 Å². The highest BCUT2D eigenvalue weighted by molar-refractivity contribution is 8.00. The van der Waals surface area contributed by atoms with Gasteiger partial charge in [-0.3, -0.25) is 10.1 Å². The summed E-state index contributed by atoms with van der Waals surface area (Å²) < 4.78 is 11.7. The van der Waals surface area contributed by atoms with E-state index in [0.29, 0.717) is 36.2 Å². The molecule has 8 nitrogen and oxygen atoms in total. The molecule has 0 spiro atoms. The number of nitrogens with one attached hydrogen (secondary N) is 2. The molecule has 0 radical (unpaired) electrons. The number of aromatic amines is 1. The lowest BCUT2D eigenvalue weighted by Crippen LogP contribution is -2.12. The fourth-order valence-corrected chi connectivity index (χ4v) is 5.52. The third-order valence-corrected chi connectivity index (χ3v) is 7.46. The van der Waals surface area contributed by atoms with Gasteiger partial charge in [-0.2, -0.15) is 0 Å². The molecule has 4 rings (SSSR count). The first kappa shape index (κ1) is 20.7. The van der Waals surface area contributed by atoms with E-state index >= 15 is 0 Å². The number of hydrogen-bond acceptors (Lipinski definition) is 8. The SMILES string of the molecule is COc1cc2sc(C(=O)Nc3nnn[nH]3)c(Sc3cccc(Cl)c3Cl)c2cc1OC. The Morgan fingerprint density at radius 3 is 2.67 bits per heavy atom. The van der Waals surface area contributed by atoms with Crippen LogP contribution in [0.15, 0.2) is 40.1 Å². The zero-order chi connectivity index (χ0) is 21.3. The second kappa shape index (κ2) is 8.68. The van der Waals surface area contributed by atoms with Crippen LogP contribution in [0.1, 0.15) is 9.67 Å². The van der Waals surface area contributed by atoms with Crippen molar-refractivity contribution < 1.29 is 14.3 Å². The summed E-state index contributed by atoms with van der Waals surface area (Å²) in [5.74, 6) is 0.890. The Hall–Kier alpha value is -2.53. The average molecular weight is 482 g/mol. The van der Waals surface area contributed by atoms with Crippen LogP contribution in [0.3, 0.4) is 0 Å². The van der Waals surface area contributed by atoms with Crippen molar-refractivity contribution in [1.29, 1.82) is 0 Å². The first-order chi connectivity index (χ1) is 14.5. The number of rotatable bonds is 6. The number of nitrogens with zero attached hydrogens (tertiary/aromatic N) is 3. The van der Waals surface area contributed by atoms with Crippen molar-refractivity contribution in [3.63, 3.8) is 0 Å². The Balaban J connectivity index is 1.87. The first-order valence-corrected chi connectivity index (χ1v) is 10.8. The number of amides is 1. The summed E-state index contributed by atoms with van der Waals surface area (Å²) >= 11 is 15.2. The van der Waals surface area contributed by atoms with Gasteiger partial charge in [0, 0.05) is 25.9 Å². The number of tetrazole rings is 1. The van der Waals surface area contributed by atoms with Crippen LogP contribution in [-0.4, -0.2) is 40.8 Å². The summed E-state index contributed by atoms with van der Waals surface area (Å²) in [6, 6.07) is 9.01. The van der Waals surface area contributed by atoms with Crippen molar-refractivity contribution >= 4 is 68.2 Å². The van der Waals surface area contributed by atoms with Crippen LogP contribution in [0.4, 0.5) is 5.95 Å². The number of fused-ring (bicyclic) bond motifs is 1. The average Bonchev–Trinajstić information content (AvgIpc) is 3.38. The van der Waals surface area contributed by atoms with Gasteiger partial charge >= 0.3 is 0 Å². The predicted molar refractivity (Wildman–Crippen MR) is 118 cm³/mol. The van der Waals surface area contributed by atoms with Crippen molar-refractivity contribution in [1.82, 2.24) is 20.6 Å². The van der Waals surface area contributed by atoms with Crippen LogP contribution in [0, 0.1) is 0 Å². The van der Waals surface area contributed by atoms with Gasteiger partial charge in [-0.15, -0.1) is 11.3 Å². The Morgan fingerprint density at radius 1 is 1.20 bits per heavy atom. The summed E-state index contributed by atoms with van der Waals surface area (Å²) in [5, 5.41) is 17.5. The summed E-state index contributed by atoms with van der Waals surface area (Å²) in [6.45, 7) is 0. The highest BCUT2D eigenvalue weighted by Crippen LogP contribution is 2.47. The Kier molecular flexibility index (Phi) is 6.00. The molecule has 154 valence electrons. The van der Waals surface area contributed by atoms with Gasteiger partial charge in [0.05, 0.1) is 24.3 Å². The van der Waals surface area contributed by atoms with Gasteiger partial charge in [-0.25, -0.2) is 5.10 Å². The van der Waals surface area contributed by atoms with Crippen molar-refractivity contribution in [3.05, 3.63) is 45.3 Å². The van der Waals surface area contributed by atoms with Crippen molar-refractivity contribution in [2.24, 2.45) is 0 Å². The molecular formula is C18H13Cl2N5O3S2. The van der Waals surface area contributed by atoms with E-state index in [0.717, 1.165) is 10.1 Å². The molecule has 1 amide bonds. The molecule has 12 heteroatoms. The molecular weight excluding hydrogens is 469 g/mol. The Morgan fingerprint density at radius 2 is 1.97 bits per heavy atom. The molecule has 2 heterocycles. The third-order valence-electron chi connectivity index (χ3n) is 4.06. The van der Waals surface area contributed by atoms with Crippen molar-refractivity contribution in [2.75, 3.05) is 19.5 Å². The van der Waals surface area contributed by atoms with Gasteiger partial charge in [-0.05, 0) is 28.6 Å². The molecule has 2 aromatic heterocycles. The molecule has 0 aliphatic rings. The van der Waals surface area contributed by atoms with E-state index in [1.165, 1.54) is 23.1 Å². The predicted octanol–water partition coefficient (Wildman–Crippen LogP) is 5.14. The van der Waals surface area contributed by atoms with Crippen LogP contribution < -0.4 is 14.8 Å². The zero-order valence-corrected chi connectivity index (χ0v) is 18.7. The van der Waals surface area contributed by atoms with Crippen LogP contribution in [0.25, 0.3) is 10.1 Å². The number of carbonyl (C=O) groups excluding carboxylic acids is 1. The van der Waals surface area contributed by atoms with Gasteiger partial charge in [0.15, 0.2) is 11.5 Å². The molecule has 0 saturated heterocycles. The summed E-state index contributed by atoms with van der Waals surface area (Å²) in [7, 11) is 3.12. The molecule has 0 saturated carbocycles. The number of ether oxygens (including phenoxy) is 2. The summed E-state index contributed by atoms with van der Waals surface area (Å²) in [5.41, 5.74) is 0. The van der Waals surface area contributed by atoms with Crippen molar-refractivity contribution in [2.45, 2.75) is 9.79 Å². The van der Waals surface area contributed by atoms with E-state index in [-0.39, 0.29) is 11.9 Å². The number of aromatic nitrogens is 4. The van der Waals surface area contributed by atoms with Gasteiger partial charge in [0.25, 0.3) is 5.91 Å². The molecule has 0 atom stereocenters. The van der Waals surface area contributed by atoms with E-state index in [1.807, 2.05) is 18.2 Å². The summed E-state index contributed by atoms with van der Waals surface area (Å²) in [6.07, 6.45) is 0. The highest BCUT2D eigenvalue weighted by atomic mass is 35.5. The molecule has 0 bridgehead atoms. The molecule has 2 aromatic carbocycles. The molecule has 0 aliphatic heterocycles. The first-order valence-electron chi connectivity index (χ1n) is 8.37. The number of anilines is 1.